The number of carbonyl (C=O) groups excluding carboxylic acids is 2. The molecule has 0 spiro atoms. The summed E-state index contributed by atoms with van der Waals surface area (Å²) >= 11 is 0. The third-order valence-corrected chi connectivity index (χ3v) is 6.69. The number of rotatable bonds is 6. The lowest BCUT2D eigenvalue weighted by molar-refractivity contribution is -0.162. The van der Waals surface area contributed by atoms with Crippen molar-refractivity contribution in [3.63, 3.8) is 0 Å². The number of hydrogen-bond donors (Lipinski definition) is 1. The lowest BCUT2D eigenvalue weighted by Gasteiger charge is -2.42. The molecule has 5 nitrogen and oxygen atoms in total. The summed E-state index contributed by atoms with van der Waals surface area (Å²) in [7, 11) is 0. The van der Waals surface area contributed by atoms with Crippen LogP contribution < -0.4 is 0 Å². The molecule has 2 aliphatic carbocycles. The van der Waals surface area contributed by atoms with Crippen molar-refractivity contribution in [2.75, 3.05) is 0 Å². The first-order valence-electron chi connectivity index (χ1n) is 10.8. The molecule has 1 N–H and O–H groups in total. The van der Waals surface area contributed by atoms with E-state index in [1.165, 1.54) is 5.57 Å². The maximum atomic E-state index is 12.4. The molecule has 0 aromatic heterocycles. The van der Waals surface area contributed by atoms with E-state index in [0.29, 0.717) is 18.3 Å². The standard InChI is InChI=1S/C23H34O5/c1-4-14(2)23(26)28-20-7-5-6-16-9-8-15(3)19(22(16)20)11-10-18-12-17(24)13-21(25)27-18/h6,8-9,14-15,17-20,22,24H,4-5,7,10-13H2,1-3H3/t14-,15-,17+,18+,19-,20-,22-/m1/s1. The molecule has 156 valence electrons. The second-order valence-corrected chi connectivity index (χ2v) is 8.76. The quantitative estimate of drug-likeness (QED) is 0.695. The zero-order valence-corrected chi connectivity index (χ0v) is 17.3. The summed E-state index contributed by atoms with van der Waals surface area (Å²) in [5, 5.41) is 9.86. The topological polar surface area (TPSA) is 72.8 Å². The minimum Gasteiger partial charge on any atom is -0.462 e. The van der Waals surface area contributed by atoms with E-state index in [1.807, 2.05) is 13.8 Å². The summed E-state index contributed by atoms with van der Waals surface area (Å²) in [5.74, 6) is 0.426. The molecule has 0 aromatic rings. The molecular weight excluding hydrogens is 356 g/mol. The Morgan fingerprint density at radius 1 is 1.39 bits per heavy atom. The van der Waals surface area contributed by atoms with Gasteiger partial charge >= 0.3 is 11.9 Å². The van der Waals surface area contributed by atoms with Crippen molar-refractivity contribution in [2.24, 2.45) is 23.7 Å². The summed E-state index contributed by atoms with van der Waals surface area (Å²) < 4.78 is 11.4. The van der Waals surface area contributed by atoms with Crippen LogP contribution in [0.1, 0.15) is 65.7 Å². The summed E-state index contributed by atoms with van der Waals surface area (Å²) in [6, 6.07) is 0. The Kier molecular flexibility index (Phi) is 6.97. The molecule has 1 aliphatic heterocycles. The minimum absolute atomic E-state index is 0.0764. The summed E-state index contributed by atoms with van der Waals surface area (Å²) in [5.41, 5.74) is 1.27. The SMILES string of the molecule is CC[C@@H](C)C(=O)O[C@@H]1CCC=C2C=C[C@@H](C)[C@@H](CC[C@H]3C[C@H](O)CC(=O)O3)[C@@H]21. The smallest absolute Gasteiger partial charge is 0.308 e. The first kappa shape index (κ1) is 21.1. The van der Waals surface area contributed by atoms with Gasteiger partial charge in [-0.15, -0.1) is 0 Å². The van der Waals surface area contributed by atoms with Gasteiger partial charge in [-0.05, 0) is 49.5 Å². The number of aliphatic hydroxyl groups excluding tert-OH is 1. The van der Waals surface area contributed by atoms with Crippen LogP contribution in [0.25, 0.3) is 0 Å². The van der Waals surface area contributed by atoms with Crippen molar-refractivity contribution in [3.05, 3.63) is 23.8 Å². The molecule has 1 fully saturated rings. The maximum Gasteiger partial charge on any atom is 0.308 e. The van der Waals surface area contributed by atoms with Crippen LogP contribution in [0, 0.1) is 23.7 Å². The van der Waals surface area contributed by atoms with Crippen LogP contribution in [-0.4, -0.2) is 35.4 Å². The van der Waals surface area contributed by atoms with Crippen LogP contribution in [0.4, 0.5) is 0 Å². The number of carbonyl (C=O) groups is 2. The highest BCUT2D eigenvalue weighted by Crippen LogP contribution is 2.44. The fourth-order valence-electron chi connectivity index (χ4n) is 4.80. The summed E-state index contributed by atoms with van der Waals surface area (Å²) in [6.07, 6.45) is 10.6. The van der Waals surface area contributed by atoms with Gasteiger partial charge in [0.25, 0.3) is 0 Å². The zero-order chi connectivity index (χ0) is 20.3. The molecule has 0 unspecified atom stereocenters. The van der Waals surface area contributed by atoms with Gasteiger partial charge in [0.2, 0.25) is 0 Å². The van der Waals surface area contributed by atoms with E-state index < -0.39 is 6.10 Å². The van der Waals surface area contributed by atoms with Crippen molar-refractivity contribution in [3.8, 4) is 0 Å². The molecule has 1 saturated heterocycles. The predicted molar refractivity (Wildman–Crippen MR) is 106 cm³/mol. The lowest BCUT2D eigenvalue weighted by Crippen LogP contribution is -2.40. The molecule has 0 bridgehead atoms. The van der Waals surface area contributed by atoms with Crippen LogP contribution in [0.5, 0.6) is 0 Å². The monoisotopic (exact) mass is 390 g/mol. The van der Waals surface area contributed by atoms with Gasteiger partial charge in [-0.3, -0.25) is 9.59 Å². The highest BCUT2D eigenvalue weighted by Gasteiger charge is 2.40. The number of ether oxygens (including phenoxy) is 2. The summed E-state index contributed by atoms with van der Waals surface area (Å²) in [6.45, 7) is 6.14. The highest BCUT2D eigenvalue weighted by atomic mass is 16.5. The lowest BCUT2D eigenvalue weighted by atomic mass is 9.66. The Hall–Kier alpha value is -1.62. The van der Waals surface area contributed by atoms with Gasteiger partial charge in [0.15, 0.2) is 0 Å². The predicted octanol–water partition coefficient (Wildman–Crippen LogP) is 3.95. The second-order valence-electron chi connectivity index (χ2n) is 8.76. The number of aliphatic hydroxyl groups is 1. The van der Waals surface area contributed by atoms with Gasteiger partial charge in [-0.25, -0.2) is 0 Å². The van der Waals surface area contributed by atoms with E-state index in [9.17, 15) is 14.7 Å². The van der Waals surface area contributed by atoms with Gasteiger partial charge in [-0.2, -0.15) is 0 Å². The van der Waals surface area contributed by atoms with E-state index in [4.69, 9.17) is 9.47 Å². The van der Waals surface area contributed by atoms with Gasteiger partial charge in [0.1, 0.15) is 12.2 Å². The zero-order valence-electron chi connectivity index (χ0n) is 17.3. The van der Waals surface area contributed by atoms with Crippen molar-refractivity contribution in [1.29, 1.82) is 0 Å². The molecule has 0 aromatic carbocycles. The largest absolute Gasteiger partial charge is 0.462 e. The van der Waals surface area contributed by atoms with Crippen molar-refractivity contribution < 1.29 is 24.2 Å². The number of esters is 2. The van der Waals surface area contributed by atoms with E-state index in [2.05, 4.69) is 25.2 Å². The van der Waals surface area contributed by atoms with Crippen LogP contribution in [0.2, 0.25) is 0 Å². The fourth-order valence-corrected chi connectivity index (χ4v) is 4.80. The molecule has 5 heteroatoms. The molecule has 3 aliphatic rings. The van der Waals surface area contributed by atoms with Gasteiger partial charge in [-0.1, -0.05) is 39.0 Å². The second kappa shape index (κ2) is 9.25. The molecule has 3 rings (SSSR count). The normalized spacial score (nSPS) is 36.1. The van der Waals surface area contributed by atoms with E-state index in [1.54, 1.807) is 0 Å². The Bertz CT molecular complexity index is 637. The van der Waals surface area contributed by atoms with Crippen molar-refractivity contribution in [2.45, 2.75) is 84.0 Å². The van der Waals surface area contributed by atoms with Crippen molar-refractivity contribution >= 4 is 11.9 Å². The number of allylic oxidation sites excluding steroid dienone is 3. The molecule has 0 amide bonds. The molecule has 7 atom stereocenters. The third-order valence-electron chi connectivity index (χ3n) is 6.69. The third kappa shape index (κ3) is 4.86. The summed E-state index contributed by atoms with van der Waals surface area (Å²) in [4.78, 5) is 24.1. The molecule has 0 radical (unpaired) electrons. The molecule has 28 heavy (non-hydrogen) atoms. The molecular formula is C23H34O5. The Labute approximate surface area is 168 Å². The van der Waals surface area contributed by atoms with Crippen LogP contribution in [0.15, 0.2) is 23.8 Å². The van der Waals surface area contributed by atoms with Crippen LogP contribution in [0.3, 0.4) is 0 Å². The highest BCUT2D eigenvalue weighted by molar-refractivity contribution is 5.72. The number of hydrogen-bond acceptors (Lipinski definition) is 5. The van der Waals surface area contributed by atoms with Crippen LogP contribution >= 0.6 is 0 Å². The van der Waals surface area contributed by atoms with Crippen molar-refractivity contribution in [1.82, 2.24) is 0 Å². The molecule has 0 saturated carbocycles. The maximum absolute atomic E-state index is 12.4. The first-order valence-corrected chi connectivity index (χ1v) is 10.8. The van der Waals surface area contributed by atoms with E-state index >= 15 is 0 Å². The average Bonchev–Trinajstić information content (AvgIpc) is 2.66. The van der Waals surface area contributed by atoms with E-state index in [0.717, 1.165) is 32.1 Å². The van der Waals surface area contributed by atoms with Gasteiger partial charge in [0.05, 0.1) is 18.4 Å². The van der Waals surface area contributed by atoms with Crippen LogP contribution in [-0.2, 0) is 19.1 Å². The van der Waals surface area contributed by atoms with Gasteiger partial charge < -0.3 is 14.6 Å². The number of fused-ring (bicyclic) bond motifs is 1. The first-order chi connectivity index (χ1) is 13.4. The van der Waals surface area contributed by atoms with E-state index in [-0.39, 0.29) is 42.4 Å². The minimum atomic E-state index is -0.593. The number of cyclic esters (lactones) is 1. The average molecular weight is 391 g/mol. The molecule has 1 heterocycles. The Morgan fingerprint density at radius 2 is 2.18 bits per heavy atom. The Balaban J connectivity index is 1.70. The fraction of sp³-hybridized carbons (Fsp3) is 0.739. The Morgan fingerprint density at radius 3 is 2.89 bits per heavy atom. The van der Waals surface area contributed by atoms with Gasteiger partial charge in [0, 0.05) is 12.3 Å².